The molecule has 21 heavy (non-hydrogen) atoms. The van der Waals surface area contributed by atoms with E-state index in [9.17, 15) is 14.9 Å². The Morgan fingerprint density at radius 2 is 1.90 bits per heavy atom. The molecule has 5 nitrogen and oxygen atoms in total. The first-order valence-electron chi connectivity index (χ1n) is 5.81. The predicted octanol–water partition coefficient (Wildman–Crippen LogP) is 4.19. The van der Waals surface area contributed by atoms with Gasteiger partial charge in [0.25, 0.3) is 5.69 Å². The zero-order chi connectivity index (χ0) is 15.4. The van der Waals surface area contributed by atoms with E-state index in [1.165, 1.54) is 30.0 Å². The molecule has 2 aromatic carbocycles. The highest BCUT2D eigenvalue weighted by Gasteiger charge is 2.18. The Balaban J connectivity index is 2.25. The largest absolute Gasteiger partial charge is 0.423 e. The van der Waals surface area contributed by atoms with Crippen LogP contribution in [0.25, 0.3) is 0 Å². The van der Waals surface area contributed by atoms with Crippen LogP contribution in [0.15, 0.2) is 47.4 Å². The van der Waals surface area contributed by atoms with Gasteiger partial charge in [0, 0.05) is 11.1 Å². The van der Waals surface area contributed by atoms with Gasteiger partial charge in [-0.25, -0.2) is 4.79 Å². The van der Waals surface area contributed by atoms with Crippen LogP contribution in [0.3, 0.4) is 0 Å². The van der Waals surface area contributed by atoms with Crippen molar-refractivity contribution < 1.29 is 14.5 Å². The molecule has 0 radical (unpaired) electrons. The van der Waals surface area contributed by atoms with Crippen LogP contribution >= 0.6 is 23.4 Å². The van der Waals surface area contributed by atoms with Gasteiger partial charge in [-0.15, -0.1) is 11.8 Å². The number of hydrogen-bond acceptors (Lipinski definition) is 5. The first-order chi connectivity index (χ1) is 10.0. The fraction of sp³-hybridized carbons (Fsp3) is 0.0714. The summed E-state index contributed by atoms with van der Waals surface area (Å²) < 4.78 is 5.14. The molecule has 0 aliphatic heterocycles. The molecule has 2 rings (SSSR count). The highest BCUT2D eigenvalue weighted by molar-refractivity contribution is 7.98. The summed E-state index contributed by atoms with van der Waals surface area (Å²) in [6.45, 7) is 0. The Labute approximate surface area is 130 Å². The Morgan fingerprint density at radius 1 is 1.24 bits per heavy atom. The number of esters is 1. The van der Waals surface area contributed by atoms with Gasteiger partial charge >= 0.3 is 5.97 Å². The van der Waals surface area contributed by atoms with Crippen LogP contribution < -0.4 is 4.74 Å². The van der Waals surface area contributed by atoms with Gasteiger partial charge in [0.2, 0.25) is 0 Å². The Bertz CT molecular complexity index is 688. The highest BCUT2D eigenvalue weighted by Crippen LogP contribution is 2.28. The normalized spacial score (nSPS) is 10.2. The van der Waals surface area contributed by atoms with E-state index >= 15 is 0 Å². The van der Waals surface area contributed by atoms with E-state index in [2.05, 4.69) is 0 Å². The van der Waals surface area contributed by atoms with Crippen LogP contribution in [0.2, 0.25) is 5.02 Å². The van der Waals surface area contributed by atoms with Crippen molar-refractivity contribution in [2.75, 3.05) is 6.26 Å². The molecule has 0 amide bonds. The molecule has 2 aromatic rings. The number of ether oxygens (including phenoxy) is 1. The van der Waals surface area contributed by atoms with Crippen LogP contribution in [0.1, 0.15) is 10.4 Å². The molecular formula is C14H10ClNO4S. The zero-order valence-corrected chi connectivity index (χ0v) is 12.5. The Morgan fingerprint density at radius 3 is 2.48 bits per heavy atom. The number of benzene rings is 2. The molecule has 0 atom stereocenters. The lowest BCUT2D eigenvalue weighted by atomic mass is 10.2. The summed E-state index contributed by atoms with van der Waals surface area (Å²) in [6.07, 6.45) is 1.73. The average molecular weight is 324 g/mol. The molecule has 0 aliphatic carbocycles. The number of hydrogen-bond donors (Lipinski definition) is 0. The minimum Gasteiger partial charge on any atom is -0.423 e. The first-order valence-corrected chi connectivity index (χ1v) is 7.41. The molecule has 7 heteroatoms. The molecule has 0 saturated carbocycles. The molecule has 0 bridgehead atoms. The van der Waals surface area contributed by atoms with Crippen LogP contribution in [-0.2, 0) is 0 Å². The van der Waals surface area contributed by atoms with Crippen LogP contribution in [0, 0.1) is 10.1 Å². The van der Waals surface area contributed by atoms with Crippen molar-refractivity contribution in [1.82, 2.24) is 0 Å². The molecule has 0 aromatic heterocycles. The smallest absolute Gasteiger partial charge is 0.343 e. The third-order valence-corrected chi connectivity index (χ3v) is 3.67. The molecule has 108 valence electrons. The van der Waals surface area contributed by atoms with Crippen molar-refractivity contribution >= 4 is 35.0 Å². The fourth-order valence-electron chi connectivity index (χ4n) is 1.63. The van der Waals surface area contributed by atoms with Crippen LogP contribution in [0.4, 0.5) is 5.69 Å². The third-order valence-electron chi connectivity index (χ3n) is 2.64. The zero-order valence-electron chi connectivity index (χ0n) is 10.9. The van der Waals surface area contributed by atoms with Crippen LogP contribution in [-0.4, -0.2) is 17.1 Å². The standard InChI is InChI=1S/C14H10ClNO4S/c1-21-13-7-2-9(8-12(13)16(18)19)14(17)20-11-5-3-10(15)4-6-11/h2-8H,1H3. The van der Waals surface area contributed by atoms with Crippen molar-refractivity contribution in [2.45, 2.75) is 4.90 Å². The average Bonchev–Trinajstić information content (AvgIpc) is 2.48. The summed E-state index contributed by atoms with van der Waals surface area (Å²) >= 11 is 6.98. The van der Waals surface area contributed by atoms with Crippen molar-refractivity contribution in [3.63, 3.8) is 0 Å². The van der Waals surface area contributed by atoms with Crippen molar-refractivity contribution in [3.05, 3.63) is 63.2 Å². The molecule has 0 aliphatic rings. The summed E-state index contributed by atoms with van der Waals surface area (Å²) in [7, 11) is 0. The van der Waals surface area contributed by atoms with E-state index < -0.39 is 10.9 Å². The van der Waals surface area contributed by atoms with E-state index in [4.69, 9.17) is 16.3 Å². The molecular weight excluding hydrogens is 314 g/mol. The number of nitro benzene ring substituents is 1. The number of carbonyl (C=O) groups excluding carboxylic acids is 1. The molecule has 0 fully saturated rings. The van der Waals surface area contributed by atoms with Crippen molar-refractivity contribution in [1.29, 1.82) is 0 Å². The van der Waals surface area contributed by atoms with Gasteiger partial charge in [-0.2, -0.15) is 0 Å². The maximum absolute atomic E-state index is 12.0. The summed E-state index contributed by atoms with van der Waals surface area (Å²) in [5, 5.41) is 11.5. The fourth-order valence-corrected chi connectivity index (χ4v) is 2.30. The molecule has 0 spiro atoms. The number of nitrogens with zero attached hydrogens (tertiary/aromatic N) is 1. The van der Waals surface area contributed by atoms with Crippen LogP contribution in [0.5, 0.6) is 5.75 Å². The van der Waals surface area contributed by atoms with Crippen molar-refractivity contribution in [2.24, 2.45) is 0 Å². The molecule has 0 saturated heterocycles. The van der Waals surface area contributed by atoms with Crippen molar-refractivity contribution in [3.8, 4) is 5.75 Å². The lowest BCUT2D eigenvalue weighted by Crippen LogP contribution is -2.09. The van der Waals surface area contributed by atoms with E-state index in [-0.39, 0.29) is 11.3 Å². The minimum atomic E-state index is -0.659. The second-order valence-corrected chi connectivity index (χ2v) is 5.27. The van der Waals surface area contributed by atoms with Gasteiger partial charge in [-0.1, -0.05) is 11.6 Å². The lowest BCUT2D eigenvalue weighted by molar-refractivity contribution is -0.387. The van der Waals surface area contributed by atoms with Gasteiger partial charge in [0.1, 0.15) is 5.75 Å². The minimum absolute atomic E-state index is 0.118. The summed E-state index contributed by atoms with van der Waals surface area (Å²) in [5.41, 5.74) is 0.00232. The first kappa shape index (κ1) is 15.3. The number of nitro groups is 1. The van der Waals surface area contributed by atoms with Gasteiger partial charge in [0.05, 0.1) is 15.4 Å². The van der Waals surface area contributed by atoms with E-state index in [1.807, 2.05) is 0 Å². The second-order valence-electron chi connectivity index (χ2n) is 3.99. The van der Waals surface area contributed by atoms with E-state index in [1.54, 1.807) is 30.5 Å². The number of rotatable bonds is 4. The molecule has 0 heterocycles. The van der Waals surface area contributed by atoms with Gasteiger partial charge < -0.3 is 4.74 Å². The molecule has 0 unspecified atom stereocenters. The number of thioether (sulfide) groups is 1. The summed E-state index contributed by atoms with van der Waals surface area (Å²) in [4.78, 5) is 22.9. The Hall–Kier alpha value is -2.05. The molecule has 0 N–H and O–H groups in total. The number of halogens is 1. The quantitative estimate of drug-likeness (QED) is 0.277. The predicted molar refractivity (Wildman–Crippen MR) is 81.3 cm³/mol. The third kappa shape index (κ3) is 3.74. The lowest BCUT2D eigenvalue weighted by Gasteiger charge is -2.05. The van der Waals surface area contributed by atoms with Gasteiger partial charge in [0.15, 0.2) is 0 Å². The van der Waals surface area contributed by atoms with E-state index in [0.29, 0.717) is 15.7 Å². The number of carbonyl (C=O) groups is 1. The SMILES string of the molecule is CSc1ccc(C(=O)Oc2ccc(Cl)cc2)cc1[N+](=O)[O-]. The second kappa shape index (κ2) is 6.60. The topological polar surface area (TPSA) is 69.4 Å². The summed E-state index contributed by atoms with van der Waals surface area (Å²) in [5.74, 6) is -0.339. The monoisotopic (exact) mass is 323 g/mol. The summed E-state index contributed by atoms with van der Waals surface area (Å²) in [6, 6.07) is 10.5. The maximum Gasteiger partial charge on any atom is 0.343 e. The maximum atomic E-state index is 12.0. The highest BCUT2D eigenvalue weighted by atomic mass is 35.5. The Kier molecular flexibility index (Phi) is 4.82. The van der Waals surface area contributed by atoms with Gasteiger partial charge in [-0.3, -0.25) is 10.1 Å². The van der Waals surface area contributed by atoms with E-state index in [0.717, 1.165) is 0 Å². The van der Waals surface area contributed by atoms with Gasteiger partial charge in [-0.05, 0) is 42.7 Å².